The zero-order valence-electron chi connectivity index (χ0n) is 14.4. The van der Waals surface area contributed by atoms with E-state index in [9.17, 15) is 9.59 Å². The molecule has 0 N–H and O–H groups in total. The monoisotopic (exact) mass is 317 g/mol. The minimum atomic E-state index is -0.106. The van der Waals surface area contributed by atoms with Crippen LogP contribution in [0.5, 0.6) is 0 Å². The third-order valence-corrected chi connectivity index (χ3v) is 4.31. The van der Waals surface area contributed by atoms with Gasteiger partial charge in [-0.1, -0.05) is 12.8 Å². The fourth-order valence-corrected chi connectivity index (χ4v) is 2.87. The van der Waals surface area contributed by atoms with Crippen molar-refractivity contribution >= 4 is 23.2 Å². The number of hydrogen-bond acceptors (Lipinski definition) is 3. The quantitative estimate of drug-likeness (QED) is 0.857. The van der Waals surface area contributed by atoms with E-state index in [0.29, 0.717) is 0 Å². The van der Waals surface area contributed by atoms with Gasteiger partial charge in [0, 0.05) is 45.5 Å². The molecule has 5 heteroatoms. The second-order valence-electron chi connectivity index (χ2n) is 6.31. The van der Waals surface area contributed by atoms with E-state index < -0.39 is 0 Å². The zero-order valence-corrected chi connectivity index (χ0v) is 14.4. The first-order valence-corrected chi connectivity index (χ1v) is 8.32. The fraction of sp³-hybridized carbons (Fsp3) is 0.556. The van der Waals surface area contributed by atoms with E-state index in [1.807, 2.05) is 48.2 Å². The number of carbonyl (C=O) groups excluding carboxylic acids is 2. The Balaban J connectivity index is 2.08. The Morgan fingerprint density at radius 1 is 0.957 bits per heavy atom. The second-order valence-corrected chi connectivity index (χ2v) is 6.31. The number of hydrogen-bond donors (Lipinski definition) is 0. The molecule has 0 saturated carbocycles. The highest BCUT2D eigenvalue weighted by Gasteiger charge is 2.21. The Morgan fingerprint density at radius 2 is 1.48 bits per heavy atom. The molecule has 1 aliphatic rings. The lowest BCUT2D eigenvalue weighted by Gasteiger charge is -2.26. The van der Waals surface area contributed by atoms with Crippen molar-refractivity contribution in [2.24, 2.45) is 0 Å². The molecule has 1 heterocycles. The van der Waals surface area contributed by atoms with Gasteiger partial charge in [-0.3, -0.25) is 9.59 Å². The van der Waals surface area contributed by atoms with Gasteiger partial charge in [-0.25, -0.2) is 0 Å². The van der Waals surface area contributed by atoms with Gasteiger partial charge in [-0.2, -0.15) is 0 Å². The molecule has 0 bridgehead atoms. The van der Waals surface area contributed by atoms with Crippen LogP contribution in [0.25, 0.3) is 0 Å². The maximum atomic E-state index is 12.5. The van der Waals surface area contributed by atoms with Gasteiger partial charge < -0.3 is 14.7 Å². The molecule has 2 amide bonds. The van der Waals surface area contributed by atoms with Crippen molar-refractivity contribution < 1.29 is 9.59 Å². The molecule has 1 saturated heterocycles. The Bertz CT molecular complexity index is 532. The number of amides is 2. The summed E-state index contributed by atoms with van der Waals surface area (Å²) >= 11 is 0. The molecule has 1 fully saturated rings. The summed E-state index contributed by atoms with van der Waals surface area (Å²) in [6.07, 6.45) is 4.49. The van der Waals surface area contributed by atoms with E-state index in [1.54, 1.807) is 4.90 Å². The van der Waals surface area contributed by atoms with Crippen LogP contribution in [0, 0.1) is 0 Å². The van der Waals surface area contributed by atoms with Crippen molar-refractivity contribution in [1.29, 1.82) is 0 Å². The largest absolute Gasteiger partial charge is 0.378 e. The second kappa shape index (κ2) is 7.99. The number of likely N-dealkylation sites (tertiary alicyclic amines) is 1. The maximum absolute atomic E-state index is 12.5. The average Bonchev–Trinajstić information content (AvgIpc) is 2.81. The summed E-state index contributed by atoms with van der Waals surface area (Å²) in [5, 5.41) is 0. The van der Waals surface area contributed by atoms with Crippen LogP contribution in [-0.4, -0.2) is 50.4 Å². The topological polar surface area (TPSA) is 43.9 Å². The SMILES string of the molecule is CC(=O)N(CC(=O)N1CCCCCC1)c1ccc(N(C)C)cc1. The van der Waals surface area contributed by atoms with Crippen LogP contribution < -0.4 is 9.80 Å². The number of anilines is 2. The van der Waals surface area contributed by atoms with Crippen LogP contribution in [0.1, 0.15) is 32.6 Å². The Kier molecular flexibility index (Phi) is 6.02. The molecule has 0 radical (unpaired) electrons. The molecule has 0 aromatic heterocycles. The third kappa shape index (κ3) is 4.71. The summed E-state index contributed by atoms with van der Waals surface area (Å²) in [6, 6.07) is 7.71. The van der Waals surface area contributed by atoms with Gasteiger partial charge in [0.15, 0.2) is 0 Å². The third-order valence-electron chi connectivity index (χ3n) is 4.31. The van der Waals surface area contributed by atoms with E-state index in [2.05, 4.69) is 0 Å². The van der Waals surface area contributed by atoms with E-state index >= 15 is 0 Å². The molecular formula is C18H27N3O2. The molecule has 1 aromatic rings. The van der Waals surface area contributed by atoms with Gasteiger partial charge in [0.2, 0.25) is 11.8 Å². The van der Waals surface area contributed by atoms with Crippen molar-refractivity contribution in [1.82, 2.24) is 4.90 Å². The van der Waals surface area contributed by atoms with E-state index in [0.717, 1.165) is 37.3 Å². The van der Waals surface area contributed by atoms with Crippen LogP contribution in [0.3, 0.4) is 0 Å². The highest BCUT2D eigenvalue weighted by molar-refractivity contribution is 5.97. The van der Waals surface area contributed by atoms with Gasteiger partial charge in [0.1, 0.15) is 6.54 Å². The van der Waals surface area contributed by atoms with E-state index in [-0.39, 0.29) is 18.4 Å². The molecule has 5 nitrogen and oxygen atoms in total. The van der Waals surface area contributed by atoms with Crippen LogP contribution in [-0.2, 0) is 9.59 Å². The molecule has 0 atom stereocenters. The summed E-state index contributed by atoms with van der Waals surface area (Å²) in [5.74, 6) is -0.0652. The smallest absolute Gasteiger partial charge is 0.242 e. The lowest BCUT2D eigenvalue weighted by Crippen LogP contribution is -2.42. The highest BCUT2D eigenvalue weighted by atomic mass is 16.2. The molecule has 1 aliphatic heterocycles. The van der Waals surface area contributed by atoms with Crippen LogP contribution in [0.4, 0.5) is 11.4 Å². The molecule has 0 aliphatic carbocycles. The van der Waals surface area contributed by atoms with E-state index in [4.69, 9.17) is 0 Å². The molecule has 0 spiro atoms. The van der Waals surface area contributed by atoms with Gasteiger partial charge in [-0.15, -0.1) is 0 Å². The summed E-state index contributed by atoms with van der Waals surface area (Å²) in [5.41, 5.74) is 1.84. The number of benzene rings is 1. The summed E-state index contributed by atoms with van der Waals surface area (Å²) in [4.78, 5) is 30.0. The van der Waals surface area contributed by atoms with Crippen molar-refractivity contribution in [3.05, 3.63) is 24.3 Å². The number of rotatable bonds is 4. The maximum Gasteiger partial charge on any atom is 0.242 e. The van der Waals surface area contributed by atoms with Crippen molar-refractivity contribution in [2.45, 2.75) is 32.6 Å². The molecule has 23 heavy (non-hydrogen) atoms. The van der Waals surface area contributed by atoms with Crippen LogP contribution in [0.2, 0.25) is 0 Å². The first-order valence-electron chi connectivity index (χ1n) is 8.32. The fourth-order valence-electron chi connectivity index (χ4n) is 2.87. The van der Waals surface area contributed by atoms with Gasteiger partial charge in [0.05, 0.1) is 0 Å². The van der Waals surface area contributed by atoms with Crippen LogP contribution in [0.15, 0.2) is 24.3 Å². The Labute approximate surface area is 138 Å². The molecule has 126 valence electrons. The standard InChI is InChI=1S/C18H27N3O2/c1-15(22)21(17-10-8-16(9-11-17)19(2)3)14-18(23)20-12-6-4-5-7-13-20/h8-11H,4-7,12-14H2,1-3H3. The van der Waals surface area contributed by atoms with Crippen molar-refractivity contribution in [3.8, 4) is 0 Å². The predicted molar refractivity (Wildman–Crippen MR) is 93.8 cm³/mol. The first-order chi connectivity index (χ1) is 11.0. The minimum absolute atomic E-state index is 0.0405. The van der Waals surface area contributed by atoms with Crippen molar-refractivity contribution in [3.63, 3.8) is 0 Å². The molecular weight excluding hydrogens is 290 g/mol. The number of nitrogens with zero attached hydrogens (tertiary/aromatic N) is 3. The zero-order chi connectivity index (χ0) is 16.8. The predicted octanol–water partition coefficient (Wildman–Crippen LogP) is 2.51. The summed E-state index contributed by atoms with van der Waals surface area (Å²) in [6.45, 7) is 3.25. The minimum Gasteiger partial charge on any atom is -0.378 e. The van der Waals surface area contributed by atoms with Gasteiger partial charge in [-0.05, 0) is 37.1 Å². The Morgan fingerprint density at radius 3 is 1.96 bits per heavy atom. The van der Waals surface area contributed by atoms with Gasteiger partial charge in [0.25, 0.3) is 0 Å². The Hall–Kier alpha value is -2.04. The van der Waals surface area contributed by atoms with Crippen LogP contribution >= 0.6 is 0 Å². The lowest BCUT2D eigenvalue weighted by atomic mass is 10.2. The normalized spacial score (nSPS) is 15.0. The summed E-state index contributed by atoms with van der Waals surface area (Å²) in [7, 11) is 3.95. The van der Waals surface area contributed by atoms with Crippen molar-refractivity contribution in [2.75, 3.05) is 43.5 Å². The highest BCUT2D eigenvalue weighted by Crippen LogP contribution is 2.20. The molecule has 1 aromatic carbocycles. The van der Waals surface area contributed by atoms with E-state index in [1.165, 1.54) is 19.8 Å². The number of carbonyl (C=O) groups is 2. The molecule has 0 unspecified atom stereocenters. The lowest BCUT2D eigenvalue weighted by molar-refractivity contribution is -0.131. The first kappa shape index (κ1) is 17.3. The molecule has 2 rings (SSSR count). The average molecular weight is 317 g/mol. The summed E-state index contributed by atoms with van der Waals surface area (Å²) < 4.78 is 0. The van der Waals surface area contributed by atoms with Gasteiger partial charge >= 0.3 is 0 Å².